The molecule has 48 valence electrons. The molecule has 1 heterocycles. The van der Waals surface area contributed by atoms with Crippen molar-refractivity contribution in [2.24, 2.45) is 0 Å². The van der Waals surface area contributed by atoms with Crippen LogP contribution < -0.4 is 0 Å². The van der Waals surface area contributed by atoms with Crippen molar-refractivity contribution in [2.45, 2.75) is 0 Å². The second-order valence-electron chi connectivity index (χ2n) is 0.862. The maximum atomic E-state index is 9.70. The minimum absolute atomic E-state index is 1.82. The first kappa shape index (κ1) is 7.76. The van der Waals surface area contributed by atoms with E-state index in [1.54, 1.807) is 0 Å². The molecule has 0 radical (unpaired) electrons. The fourth-order valence-corrected chi connectivity index (χ4v) is 0.241. The van der Waals surface area contributed by atoms with Gasteiger partial charge < -0.3 is 4.98 Å². The number of hydrogen-bond donors (Lipinski definition) is 1. The quantitative estimate of drug-likeness (QED) is 0.491. The van der Waals surface area contributed by atoms with E-state index < -0.39 is 18.1 Å². The second kappa shape index (κ2) is 6.76. The molecule has 0 saturated heterocycles. The summed E-state index contributed by atoms with van der Waals surface area (Å²) in [4.78, 5) is 2.74. The maximum Gasteiger partial charge on any atom is -0.108 e. The molecule has 1 aromatic rings. The van der Waals surface area contributed by atoms with E-state index in [9.17, 15) is 6.63 Å². The fourth-order valence-electron chi connectivity index (χ4n) is 0.241. The molecule has 0 amide bonds. The summed E-state index contributed by atoms with van der Waals surface area (Å²) in [6.07, 6.45) is 4.56. The molecule has 0 aliphatic carbocycles. The zero-order valence-electron chi connectivity index (χ0n) is 3.82. The van der Waals surface area contributed by atoms with E-state index in [1.807, 2.05) is 18.3 Å². The minimum Gasteiger partial charge on any atom is -0.484 e. The van der Waals surface area contributed by atoms with Crippen LogP contribution in [0.5, 0.6) is 0 Å². The summed E-state index contributed by atoms with van der Waals surface area (Å²) in [6, 6.07) is 3.71. The van der Waals surface area contributed by atoms with Gasteiger partial charge in [-0.1, -0.05) is 0 Å². The summed E-state index contributed by atoms with van der Waals surface area (Å²) < 4.78 is 19.4. The van der Waals surface area contributed by atoms with Crippen LogP contribution in [0.25, 0.3) is 0 Å². The third kappa shape index (κ3) is 5.76. The number of hydrogen-bond acceptors (Lipinski definition) is 0. The first-order valence-electron chi connectivity index (χ1n) is 1.75. The van der Waals surface area contributed by atoms with Crippen molar-refractivity contribution in [2.75, 3.05) is 0 Å². The summed E-state index contributed by atoms with van der Waals surface area (Å²) in [5, 5.41) is 0. The molecule has 0 fully saturated rings. The smallest absolute Gasteiger partial charge is 0.108 e. The molecular weight excluding hydrogens is 203 g/mol. The zero-order chi connectivity index (χ0) is 6.24. The van der Waals surface area contributed by atoms with Gasteiger partial charge in [-0.05, 0) is 0 Å². The Hall–Kier alpha value is -0.237. The molecule has 0 spiro atoms. The average molecular weight is 207 g/mol. The van der Waals surface area contributed by atoms with Crippen LogP contribution in [0.1, 0.15) is 0 Å². The molecule has 0 aliphatic heterocycles. The first-order valence-corrected chi connectivity index (χ1v) is 2.98. The van der Waals surface area contributed by atoms with Crippen molar-refractivity contribution in [3.05, 3.63) is 24.5 Å². The molecule has 0 aliphatic rings. The van der Waals surface area contributed by atoms with Gasteiger partial charge in [0, 0.05) is 0 Å². The Morgan fingerprint density at radius 2 is 2.12 bits per heavy atom. The van der Waals surface area contributed by atoms with Crippen molar-refractivity contribution in [3.63, 3.8) is 0 Å². The Kier molecular flexibility index (Phi) is 6.56. The van der Waals surface area contributed by atoms with Gasteiger partial charge >= 0.3 is 24.8 Å². The van der Waals surface area contributed by atoms with Crippen LogP contribution in [-0.4, -0.2) is 4.98 Å². The van der Waals surface area contributed by atoms with Crippen molar-refractivity contribution < 1.29 is 24.8 Å². The van der Waals surface area contributed by atoms with Gasteiger partial charge in [0.05, 0.1) is 0 Å². The Balaban J connectivity index is 0.000000145. The van der Waals surface area contributed by atoms with Crippen LogP contribution in [0, 0.1) is 6.20 Å². The van der Waals surface area contributed by atoms with Crippen LogP contribution in [0.3, 0.4) is 0 Å². The molecule has 0 saturated carbocycles. The van der Waals surface area contributed by atoms with Crippen molar-refractivity contribution >= 4 is 0 Å². The van der Waals surface area contributed by atoms with E-state index in [-0.39, 0.29) is 0 Å². The van der Waals surface area contributed by atoms with Crippen LogP contribution in [0.15, 0.2) is 18.3 Å². The van der Waals surface area contributed by atoms with E-state index in [0.29, 0.717) is 0 Å². The van der Waals surface area contributed by atoms with Gasteiger partial charge in [-0.3, -0.25) is 0 Å². The molecule has 0 atom stereocenters. The van der Waals surface area contributed by atoms with E-state index in [0.717, 1.165) is 0 Å². The van der Waals surface area contributed by atoms with Gasteiger partial charge in [0.2, 0.25) is 0 Å². The first-order chi connectivity index (χ1) is 3.91. The average Bonchev–Trinajstić information content (AvgIpc) is 2.17. The second-order valence-corrected chi connectivity index (χ2v) is 1.10. The van der Waals surface area contributed by atoms with Gasteiger partial charge in [-0.15, -0.1) is 6.20 Å². The fraction of sp³-hybridized carbons (Fsp3) is 0. The van der Waals surface area contributed by atoms with E-state index in [4.69, 9.17) is 0 Å². The summed E-state index contributed by atoms with van der Waals surface area (Å²) in [7, 11) is 0. The van der Waals surface area contributed by atoms with Crippen LogP contribution in [0.4, 0.5) is 6.63 Å². The van der Waals surface area contributed by atoms with Crippen LogP contribution in [-0.2, 0) is 18.1 Å². The van der Waals surface area contributed by atoms with Gasteiger partial charge in [0.15, 0.2) is 0 Å². The largest absolute Gasteiger partial charge is 0.484 e. The Bertz CT molecular complexity index is 80.9. The standard InChI is InChI=1S/C4H4N.2FH.Rh/c1-2-4-5-3-1;;;/h1-3,5H;2*1H;/q-1;;;+3/p-2. The zero-order valence-corrected chi connectivity index (χ0v) is 5.46. The topological polar surface area (TPSA) is 15.8 Å². The van der Waals surface area contributed by atoms with E-state index >= 15 is 0 Å². The van der Waals surface area contributed by atoms with E-state index in [1.165, 1.54) is 0 Å². The SMILES string of the molecule is [F][Rh+][F].[c-]1ccc[nH]1. The number of aromatic nitrogens is 1. The third-order valence-electron chi connectivity index (χ3n) is 0.442. The number of H-pyrrole nitrogens is 1. The van der Waals surface area contributed by atoms with Crippen molar-refractivity contribution in [1.82, 2.24) is 4.98 Å². The van der Waals surface area contributed by atoms with Gasteiger partial charge in [0.1, 0.15) is 0 Å². The third-order valence-corrected chi connectivity index (χ3v) is 0.442. The number of rotatable bonds is 0. The van der Waals surface area contributed by atoms with Gasteiger partial charge in [-0.25, -0.2) is 0 Å². The molecule has 4 heteroatoms. The predicted octanol–water partition coefficient (Wildman–Crippen LogP) is 1.65. The summed E-state index contributed by atoms with van der Waals surface area (Å²) in [6.45, 7) is 0. The number of aromatic amines is 1. The van der Waals surface area contributed by atoms with Crippen LogP contribution in [0.2, 0.25) is 0 Å². The van der Waals surface area contributed by atoms with Gasteiger partial charge in [0.25, 0.3) is 0 Å². The Labute approximate surface area is 54.8 Å². The minimum atomic E-state index is -2.17. The monoisotopic (exact) mass is 207 g/mol. The Morgan fingerprint density at radius 3 is 2.25 bits per heavy atom. The number of nitrogens with one attached hydrogen (secondary N) is 1. The molecule has 0 bridgehead atoms. The van der Waals surface area contributed by atoms with Crippen LogP contribution >= 0.6 is 0 Å². The summed E-state index contributed by atoms with van der Waals surface area (Å²) >= 11 is -2.17. The predicted molar refractivity (Wildman–Crippen MR) is 21.8 cm³/mol. The molecule has 0 aromatic carbocycles. The Morgan fingerprint density at radius 1 is 1.50 bits per heavy atom. The normalized spacial score (nSPS) is 7.75. The summed E-state index contributed by atoms with van der Waals surface area (Å²) in [5.74, 6) is 0. The molecule has 8 heavy (non-hydrogen) atoms. The van der Waals surface area contributed by atoms with Crippen molar-refractivity contribution in [3.8, 4) is 0 Å². The number of halogens is 2. The van der Waals surface area contributed by atoms with Crippen molar-refractivity contribution in [1.29, 1.82) is 0 Å². The molecule has 1 aromatic heterocycles. The summed E-state index contributed by atoms with van der Waals surface area (Å²) in [5.41, 5.74) is 0. The van der Waals surface area contributed by atoms with E-state index in [2.05, 4.69) is 11.2 Å². The molecular formula is C4H4F2NRh. The molecule has 1 rings (SSSR count). The molecule has 1 N–H and O–H groups in total. The molecule has 0 unspecified atom stereocenters. The van der Waals surface area contributed by atoms with Gasteiger partial charge in [-0.2, -0.15) is 18.3 Å². The molecule has 1 nitrogen and oxygen atoms in total. The maximum absolute atomic E-state index is 9.70.